The van der Waals surface area contributed by atoms with Crippen molar-refractivity contribution in [3.8, 4) is 0 Å². The summed E-state index contributed by atoms with van der Waals surface area (Å²) in [7, 11) is 0. The van der Waals surface area contributed by atoms with Crippen LogP contribution in [0.2, 0.25) is 0 Å². The van der Waals surface area contributed by atoms with Crippen molar-refractivity contribution >= 4 is 5.69 Å². The van der Waals surface area contributed by atoms with E-state index in [2.05, 4.69) is 12.2 Å². The van der Waals surface area contributed by atoms with Crippen molar-refractivity contribution in [3.63, 3.8) is 0 Å². The highest BCUT2D eigenvalue weighted by Gasteiger charge is 2.21. The highest BCUT2D eigenvalue weighted by atomic mass is 19.1. The van der Waals surface area contributed by atoms with E-state index in [9.17, 15) is 8.78 Å². The number of benzene rings is 1. The Morgan fingerprint density at radius 1 is 1.13 bits per heavy atom. The van der Waals surface area contributed by atoms with Crippen LogP contribution in [0.15, 0.2) is 18.2 Å². The molecule has 0 radical (unpaired) electrons. The molecule has 82 valence electrons. The van der Waals surface area contributed by atoms with Crippen molar-refractivity contribution < 1.29 is 8.78 Å². The maximum atomic E-state index is 12.9. The predicted molar refractivity (Wildman–Crippen MR) is 56.8 cm³/mol. The average molecular weight is 211 g/mol. The Hall–Kier alpha value is -1.12. The number of anilines is 1. The molecule has 1 N–H and O–H groups in total. The first-order chi connectivity index (χ1) is 7.13. The van der Waals surface area contributed by atoms with Crippen LogP contribution in [-0.2, 0) is 0 Å². The lowest BCUT2D eigenvalue weighted by molar-refractivity contribution is 0.582. The van der Waals surface area contributed by atoms with Crippen molar-refractivity contribution in [3.05, 3.63) is 29.8 Å². The van der Waals surface area contributed by atoms with Gasteiger partial charge in [-0.2, -0.15) is 0 Å². The maximum Gasteiger partial charge on any atom is 0.128 e. The van der Waals surface area contributed by atoms with Gasteiger partial charge in [0.25, 0.3) is 0 Å². The quantitative estimate of drug-likeness (QED) is 0.788. The Balaban J connectivity index is 2.04. The van der Waals surface area contributed by atoms with E-state index in [0.717, 1.165) is 18.9 Å². The second kappa shape index (κ2) is 4.17. The van der Waals surface area contributed by atoms with Crippen LogP contribution in [-0.4, -0.2) is 6.04 Å². The van der Waals surface area contributed by atoms with E-state index < -0.39 is 11.6 Å². The second-order valence-corrected chi connectivity index (χ2v) is 4.42. The molecule has 0 bridgehead atoms. The molecule has 1 aliphatic carbocycles. The van der Waals surface area contributed by atoms with Gasteiger partial charge in [0.2, 0.25) is 0 Å². The maximum absolute atomic E-state index is 12.9. The van der Waals surface area contributed by atoms with Crippen LogP contribution in [0.1, 0.15) is 26.2 Å². The van der Waals surface area contributed by atoms with E-state index in [4.69, 9.17) is 0 Å². The number of hydrogen-bond donors (Lipinski definition) is 1. The molecule has 0 spiro atoms. The first-order valence-electron chi connectivity index (χ1n) is 5.36. The van der Waals surface area contributed by atoms with Gasteiger partial charge in [0, 0.05) is 17.8 Å². The molecular weight excluding hydrogens is 196 g/mol. The van der Waals surface area contributed by atoms with Crippen molar-refractivity contribution in [1.82, 2.24) is 0 Å². The molecule has 0 aromatic heterocycles. The van der Waals surface area contributed by atoms with Gasteiger partial charge in [0.05, 0.1) is 0 Å². The summed E-state index contributed by atoms with van der Waals surface area (Å²) in [5, 5.41) is 3.17. The molecule has 0 saturated heterocycles. The van der Waals surface area contributed by atoms with E-state index in [1.54, 1.807) is 0 Å². The zero-order valence-electron chi connectivity index (χ0n) is 8.76. The van der Waals surface area contributed by atoms with E-state index in [1.807, 2.05) is 0 Å². The largest absolute Gasteiger partial charge is 0.382 e. The monoisotopic (exact) mass is 211 g/mol. The van der Waals surface area contributed by atoms with Gasteiger partial charge in [0.1, 0.15) is 11.6 Å². The molecule has 3 heteroatoms. The summed E-state index contributed by atoms with van der Waals surface area (Å²) in [5.41, 5.74) is 0.548. The number of nitrogens with one attached hydrogen (secondary N) is 1. The van der Waals surface area contributed by atoms with Gasteiger partial charge in [-0.05, 0) is 37.3 Å². The Morgan fingerprint density at radius 3 is 2.33 bits per heavy atom. The number of rotatable bonds is 2. The molecule has 15 heavy (non-hydrogen) atoms. The summed E-state index contributed by atoms with van der Waals surface area (Å²) in [6.07, 6.45) is 3.35. The Labute approximate surface area is 88.5 Å². The zero-order chi connectivity index (χ0) is 10.8. The number of hydrogen-bond acceptors (Lipinski definition) is 1. The van der Waals surface area contributed by atoms with E-state index in [-0.39, 0.29) is 0 Å². The molecule has 0 unspecified atom stereocenters. The fraction of sp³-hybridized carbons (Fsp3) is 0.500. The molecule has 1 aromatic rings. The van der Waals surface area contributed by atoms with Crippen LogP contribution in [0.5, 0.6) is 0 Å². The average Bonchev–Trinajstić information content (AvgIpc) is 2.49. The third-order valence-corrected chi connectivity index (χ3v) is 2.93. The standard InChI is InChI=1S/C12H15F2N/c1-8-2-3-11(4-8)15-12-6-9(13)5-10(14)7-12/h5-8,11,15H,2-4H2,1H3/t8-,11+/m1/s1. The second-order valence-electron chi connectivity index (χ2n) is 4.42. The summed E-state index contributed by atoms with van der Waals surface area (Å²) >= 11 is 0. The molecule has 2 rings (SSSR count). The third-order valence-electron chi connectivity index (χ3n) is 2.93. The summed E-state index contributed by atoms with van der Waals surface area (Å²) in [5.74, 6) is -0.340. The lowest BCUT2D eigenvalue weighted by Crippen LogP contribution is -2.15. The lowest BCUT2D eigenvalue weighted by atomic mass is 10.1. The van der Waals surface area contributed by atoms with Crippen LogP contribution in [0.3, 0.4) is 0 Å². The van der Waals surface area contributed by atoms with Crippen LogP contribution in [0.25, 0.3) is 0 Å². The van der Waals surface area contributed by atoms with E-state index >= 15 is 0 Å². The van der Waals surface area contributed by atoms with Crippen LogP contribution < -0.4 is 5.32 Å². The fourth-order valence-corrected chi connectivity index (χ4v) is 2.21. The van der Waals surface area contributed by atoms with Crippen LogP contribution in [0, 0.1) is 17.6 Å². The molecule has 1 aliphatic rings. The SMILES string of the molecule is C[C@@H]1CC[C@H](Nc2cc(F)cc(F)c2)C1. The fourth-order valence-electron chi connectivity index (χ4n) is 2.21. The minimum absolute atomic E-state index is 0.362. The zero-order valence-corrected chi connectivity index (χ0v) is 8.76. The van der Waals surface area contributed by atoms with Gasteiger partial charge in [-0.25, -0.2) is 8.78 Å². The first-order valence-corrected chi connectivity index (χ1v) is 5.36. The Morgan fingerprint density at radius 2 is 1.80 bits per heavy atom. The smallest absolute Gasteiger partial charge is 0.128 e. The molecule has 2 atom stereocenters. The third kappa shape index (κ3) is 2.67. The van der Waals surface area contributed by atoms with Gasteiger partial charge < -0.3 is 5.32 Å². The predicted octanol–water partition coefficient (Wildman–Crippen LogP) is 3.57. The summed E-state index contributed by atoms with van der Waals surface area (Å²) in [4.78, 5) is 0. The van der Waals surface area contributed by atoms with Gasteiger partial charge in [-0.3, -0.25) is 0 Å². The first kappa shape index (κ1) is 10.4. The van der Waals surface area contributed by atoms with Gasteiger partial charge >= 0.3 is 0 Å². The number of halogens is 2. The van der Waals surface area contributed by atoms with Crippen molar-refractivity contribution in [1.29, 1.82) is 0 Å². The van der Waals surface area contributed by atoms with Gasteiger partial charge in [-0.1, -0.05) is 6.92 Å². The Bertz CT molecular complexity index is 331. The summed E-state index contributed by atoms with van der Waals surface area (Å²) < 4.78 is 25.8. The summed E-state index contributed by atoms with van der Waals surface area (Å²) in [6, 6.07) is 3.93. The normalized spacial score (nSPS) is 25.5. The molecule has 1 aromatic carbocycles. The van der Waals surface area contributed by atoms with E-state index in [0.29, 0.717) is 17.6 Å². The van der Waals surface area contributed by atoms with Gasteiger partial charge in [0.15, 0.2) is 0 Å². The van der Waals surface area contributed by atoms with Crippen molar-refractivity contribution in [2.45, 2.75) is 32.2 Å². The van der Waals surface area contributed by atoms with Crippen LogP contribution >= 0.6 is 0 Å². The molecule has 0 heterocycles. The lowest BCUT2D eigenvalue weighted by Gasteiger charge is -2.13. The molecule has 1 fully saturated rings. The highest BCUT2D eigenvalue weighted by molar-refractivity contribution is 5.44. The molecule has 1 nitrogen and oxygen atoms in total. The molecule has 0 amide bonds. The molecule has 1 saturated carbocycles. The van der Waals surface area contributed by atoms with Crippen molar-refractivity contribution in [2.24, 2.45) is 5.92 Å². The minimum Gasteiger partial charge on any atom is -0.382 e. The molecular formula is C12H15F2N. The highest BCUT2D eigenvalue weighted by Crippen LogP contribution is 2.27. The topological polar surface area (TPSA) is 12.0 Å². The summed E-state index contributed by atoms with van der Waals surface area (Å²) in [6.45, 7) is 2.20. The van der Waals surface area contributed by atoms with Crippen molar-refractivity contribution in [2.75, 3.05) is 5.32 Å². The minimum atomic E-state index is -0.524. The van der Waals surface area contributed by atoms with Crippen LogP contribution in [0.4, 0.5) is 14.5 Å². The van der Waals surface area contributed by atoms with E-state index in [1.165, 1.54) is 18.6 Å². The van der Waals surface area contributed by atoms with Gasteiger partial charge in [-0.15, -0.1) is 0 Å². The Kier molecular flexibility index (Phi) is 2.89. The molecule has 0 aliphatic heterocycles.